The Hall–Kier alpha value is -1.69. The molecule has 0 amide bonds. The lowest BCUT2D eigenvalue weighted by Crippen LogP contribution is -2.38. The zero-order valence-electron chi connectivity index (χ0n) is 16.6. The van der Waals surface area contributed by atoms with Crippen LogP contribution < -0.4 is 15.8 Å². The van der Waals surface area contributed by atoms with E-state index in [0.717, 1.165) is 49.7 Å². The Morgan fingerprint density at radius 2 is 2.04 bits per heavy atom. The first-order valence-corrected chi connectivity index (χ1v) is 10.5. The second-order valence-electron chi connectivity index (χ2n) is 8.36. The molecule has 28 heavy (non-hydrogen) atoms. The van der Waals surface area contributed by atoms with E-state index < -0.39 is 0 Å². The summed E-state index contributed by atoms with van der Waals surface area (Å²) in [7, 11) is 1.70. The van der Waals surface area contributed by atoms with Crippen LogP contribution >= 0.6 is 0 Å². The molecule has 3 N–H and O–H groups in total. The van der Waals surface area contributed by atoms with Gasteiger partial charge in [-0.05, 0) is 43.7 Å². The van der Waals surface area contributed by atoms with E-state index >= 15 is 0 Å². The van der Waals surface area contributed by atoms with Gasteiger partial charge in [-0.25, -0.2) is 4.39 Å². The third kappa shape index (κ3) is 4.65. The average molecular weight is 387 g/mol. The van der Waals surface area contributed by atoms with Gasteiger partial charge in [0.2, 0.25) is 0 Å². The molecule has 0 heterocycles. The van der Waals surface area contributed by atoms with Crippen molar-refractivity contribution in [2.75, 3.05) is 13.7 Å². The van der Waals surface area contributed by atoms with Gasteiger partial charge < -0.3 is 20.5 Å². The van der Waals surface area contributed by atoms with Crippen LogP contribution in [0.3, 0.4) is 0 Å². The van der Waals surface area contributed by atoms with Gasteiger partial charge in [-0.15, -0.1) is 0 Å². The van der Waals surface area contributed by atoms with Gasteiger partial charge in [-0.3, -0.25) is 0 Å². The summed E-state index contributed by atoms with van der Waals surface area (Å²) in [6.45, 7) is 0.392. The summed E-state index contributed by atoms with van der Waals surface area (Å²) in [5.41, 5.74) is 8.11. The molecule has 152 valence electrons. The Morgan fingerprint density at radius 1 is 1.21 bits per heavy atom. The Labute approximate surface area is 167 Å². The van der Waals surface area contributed by atoms with Gasteiger partial charge in [-0.2, -0.15) is 0 Å². The Balaban J connectivity index is 1.37. The molecule has 5 heteroatoms. The molecule has 3 atom stereocenters. The molecular weight excluding hydrogens is 355 g/mol. The first-order chi connectivity index (χ1) is 13.6. The van der Waals surface area contributed by atoms with Crippen LogP contribution in [-0.4, -0.2) is 37.9 Å². The molecule has 3 unspecified atom stereocenters. The lowest BCUT2D eigenvalue weighted by Gasteiger charge is -2.27. The highest BCUT2D eigenvalue weighted by atomic mass is 19.1. The highest BCUT2D eigenvalue weighted by molar-refractivity contribution is 5.42. The molecule has 0 spiro atoms. The molecule has 2 saturated carbocycles. The van der Waals surface area contributed by atoms with Crippen LogP contribution in [0, 0.1) is 5.82 Å². The van der Waals surface area contributed by atoms with Crippen LogP contribution in [0.25, 0.3) is 0 Å². The number of methoxy groups -OCH3 is 1. The molecule has 0 saturated heterocycles. The minimum atomic E-state index is -0.276. The van der Waals surface area contributed by atoms with E-state index in [-0.39, 0.29) is 11.9 Å². The molecule has 0 aromatic heterocycles. The molecule has 0 aliphatic heterocycles. The Morgan fingerprint density at radius 3 is 2.82 bits per heavy atom. The molecule has 3 aliphatic rings. The van der Waals surface area contributed by atoms with Gasteiger partial charge in [0, 0.05) is 43.1 Å². The van der Waals surface area contributed by atoms with Crippen LogP contribution in [0.5, 0.6) is 5.75 Å². The fourth-order valence-electron chi connectivity index (χ4n) is 4.43. The number of ether oxygens (including phenoxy) is 2. The summed E-state index contributed by atoms with van der Waals surface area (Å²) in [5, 5.41) is 3.76. The van der Waals surface area contributed by atoms with Crippen molar-refractivity contribution in [1.29, 1.82) is 0 Å². The number of benzene rings is 1. The monoisotopic (exact) mass is 386 g/mol. The van der Waals surface area contributed by atoms with E-state index in [1.165, 1.54) is 6.07 Å². The average Bonchev–Trinajstić information content (AvgIpc) is 3.47. The van der Waals surface area contributed by atoms with Crippen molar-refractivity contribution >= 4 is 0 Å². The summed E-state index contributed by atoms with van der Waals surface area (Å²) in [5.74, 6) is 0.460. The standard InChI is InChI=1S/C23H31FN2O2/c1-27-18-5-2-4-15(12-18)14-28-23-19(6-3-7-21(23)24)20-13-22(20)26-17-10-8-16(25)9-11-17/h2-7,16-18,20,22,26H,8-14,25H2,1H3. The number of hydrogen-bond donors (Lipinski definition) is 2. The minimum Gasteiger partial charge on any atom is -0.486 e. The number of rotatable bonds is 7. The van der Waals surface area contributed by atoms with Crippen LogP contribution in [0.1, 0.15) is 50.0 Å². The van der Waals surface area contributed by atoms with Gasteiger partial charge in [0.05, 0.1) is 6.10 Å². The summed E-state index contributed by atoms with van der Waals surface area (Å²) >= 11 is 0. The first-order valence-electron chi connectivity index (χ1n) is 10.5. The van der Waals surface area contributed by atoms with E-state index in [2.05, 4.69) is 5.32 Å². The number of allylic oxidation sites excluding steroid dienone is 2. The molecule has 0 radical (unpaired) electrons. The van der Waals surface area contributed by atoms with Crippen molar-refractivity contribution < 1.29 is 13.9 Å². The normalized spacial score (nSPS) is 32.1. The smallest absolute Gasteiger partial charge is 0.165 e. The van der Waals surface area contributed by atoms with Crippen molar-refractivity contribution in [3.8, 4) is 5.75 Å². The molecule has 1 aromatic carbocycles. The zero-order chi connectivity index (χ0) is 19.5. The van der Waals surface area contributed by atoms with Crippen molar-refractivity contribution in [3.63, 3.8) is 0 Å². The highest BCUT2D eigenvalue weighted by Crippen LogP contribution is 2.46. The number of hydrogen-bond acceptors (Lipinski definition) is 4. The summed E-state index contributed by atoms with van der Waals surface area (Å²) in [6.07, 6.45) is 12.4. The van der Waals surface area contributed by atoms with Crippen molar-refractivity contribution in [1.82, 2.24) is 5.32 Å². The Kier molecular flexibility index (Phi) is 6.14. The largest absolute Gasteiger partial charge is 0.486 e. The van der Waals surface area contributed by atoms with E-state index in [1.807, 2.05) is 24.3 Å². The second kappa shape index (κ2) is 8.76. The molecular formula is C23H31FN2O2. The predicted molar refractivity (Wildman–Crippen MR) is 109 cm³/mol. The van der Waals surface area contributed by atoms with E-state index in [9.17, 15) is 4.39 Å². The predicted octanol–water partition coefficient (Wildman–Crippen LogP) is 3.82. The van der Waals surface area contributed by atoms with E-state index in [1.54, 1.807) is 13.2 Å². The molecule has 1 aromatic rings. The third-order valence-corrected chi connectivity index (χ3v) is 6.23. The summed E-state index contributed by atoms with van der Waals surface area (Å²) in [4.78, 5) is 0. The lowest BCUT2D eigenvalue weighted by atomic mass is 9.92. The maximum Gasteiger partial charge on any atom is 0.165 e. The maximum atomic E-state index is 14.5. The van der Waals surface area contributed by atoms with Crippen molar-refractivity contribution in [2.45, 2.75) is 68.7 Å². The van der Waals surface area contributed by atoms with Crippen LogP contribution in [0.4, 0.5) is 4.39 Å². The molecule has 3 aliphatic carbocycles. The quantitative estimate of drug-likeness (QED) is 0.748. The van der Waals surface area contributed by atoms with E-state index in [4.69, 9.17) is 15.2 Å². The number of nitrogens with two attached hydrogens (primary N) is 1. The number of para-hydroxylation sites is 1. The van der Waals surface area contributed by atoms with Crippen LogP contribution in [-0.2, 0) is 4.74 Å². The summed E-state index contributed by atoms with van der Waals surface area (Å²) in [6, 6.07) is 6.60. The summed E-state index contributed by atoms with van der Waals surface area (Å²) < 4.78 is 25.9. The van der Waals surface area contributed by atoms with Gasteiger partial charge in [-0.1, -0.05) is 30.4 Å². The van der Waals surface area contributed by atoms with Gasteiger partial charge in [0.25, 0.3) is 0 Å². The molecule has 4 rings (SSSR count). The van der Waals surface area contributed by atoms with Gasteiger partial charge in [0.15, 0.2) is 11.6 Å². The molecule has 2 fully saturated rings. The lowest BCUT2D eigenvalue weighted by molar-refractivity contribution is 0.137. The third-order valence-electron chi connectivity index (χ3n) is 6.23. The highest BCUT2D eigenvalue weighted by Gasteiger charge is 2.42. The minimum absolute atomic E-state index is 0.0734. The van der Waals surface area contributed by atoms with Crippen molar-refractivity contribution in [2.24, 2.45) is 5.73 Å². The van der Waals surface area contributed by atoms with Gasteiger partial charge >= 0.3 is 0 Å². The SMILES string of the molecule is COC1C=CC=C(COc2c(F)cccc2C2CC2NC2CCC(N)CC2)C1. The van der Waals surface area contributed by atoms with Gasteiger partial charge in [0.1, 0.15) is 6.61 Å². The molecule has 4 nitrogen and oxygen atoms in total. The Bertz CT molecular complexity index is 740. The van der Waals surface area contributed by atoms with Crippen LogP contribution in [0.2, 0.25) is 0 Å². The first kappa shape index (κ1) is 19.6. The fourth-order valence-corrected chi connectivity index (χ4v) is 4.43. The maximum absolute atomic E-state index is 14.5. The fraction of sp³-hybridized carbons (Fsp3) is 0.565. The topological polar surface area (TPSA) is 56.5 Å². The second-order valence-corrected chi connectivity index (χ2v) is 8.36. The number of nitrogens with one attached hydrogen (secondary N) is 1. The molecule has 0 bridgehead atoms. The van der Waals surface area contributed by atoms with Crippen LogP contribution in [0.15, 0.2) is 42.0 Å². The zero-order valence-corrected chi connectivity index (χ0v) is 16.6. The van der Waals surface area contributed by atoms with E-state index in [0.29, 0.717) is 36.4 Å². The van der Waals surface area contributed by atoms with Crippen molar-refractivity contribution in [3.05, 3.63) is 53.4 Å². The number of halogens is 1.